The number of halogens is 1. The Morgan fingerprint density at radius 1 is 1.50 bits per heavy atom. The summed E-state index contributed by atoms with van der Waals surface area (Å²) >= 11 is 3.50. The molecule has 0 aliphatic heterocycles. The average molecular weight is 309 g/mol. The quantitative estimate of drug-likeness (QED) is 0.673. The van der Waals surface area contributed by atoms with Crippen LogP contribution in [-0.2, 0) is 13.5 Å². The van der Waals surface area contributed by atoms with Crippen LogP contribution >= 0.6 is 15.9 Å². The number of rotatable bonds is 4. The van der Waals surface area contributed by atoms with Gasteiger partial charge in [-0.05, 0) is 30.2 Å². The summed E-state index contributed by atoms with van der Waals surface area (Å²) in [6.45, 7) is 2.09. The molecule has 1 aromatic heterocycles. The first-order chi connectivity index (χ1) is 8.61. The lowest BCUT2D eigenvalue weighted by molar-refractivity contribution is 0.528. The zero-order valence-corrected chi connectivity index (χ0v) is 12.1. The second-order valence-corrected chi connectivity index (χ2v) is 5.29. The van der Waals surface area contributed by atoms with Crippen molar-refractivity contribution in [2.75, 3.05) is 0 Å². The molecule has 0 fully saturated rings. The Balaban J connectivity index is 2.28. The molecule has 0 saturated heterocycles. The van der Waals surface area contributed by atoms with Crippen LogP contribution < -0.4 is 11.3 Å². The van der Waals surface area contributed by atoms with Gasteiger partial charge in [0.05, 0.1) is 6.04 Å². The summed E-state index contributed by atoms with van der Waals surface area (Å²) in [6.07, 6.45) is 4.50. The number of aryl methyl sites for hydroxylation is 2. The van der Waals surface area contributed by atoms with E-state index in [-0.39, 0.29) is 6.04 Å². The molecule has 4 nitrogen and oxygen atoms in total. The van der Waals surface area contributed by atoms with Crippen molar-refractivity contribution in [3.8, 4) is 0 Å². The van der Waals surface area contributed by atoms with Crippen LogP contribution in [0.15, 0.2) is 35.1 Å². The predicted octanol–water partition coefficient (Wildman–Crippen LogP) is 2.24. The molecule has 3 N–H and O–H groups in total. The van der Waals surface area contributed by atoms with Crippen molar-refractivity contribution < 1.29 is 0 Å². The maximum Gasteiger partial charge on any atom is 0.110 e. The van der Waals surface area contributed by atoms with Gasteiger partial charge in [-0.3, -0.25) is 11.3 Å². The number of imidazole rings is 1. The first-order valence-corrected chi connectivity index (χ1v) is 6.59. The smallest absolute Gasteiger partial charge is 0.110 e. The van der Waals surface area contributed by atoms with E-state index in [1.165, 1.54) is 11.1 Å². The molecule has 0 aliphatic carbocycles. The molecule has 0 spiro atoms. The molecule has 5 heteroatoms. The lowest BCUT2D eigenvalue weighted by Crippen LogP contribution is -2.30. The van der Waals surface area contributed by atoms with Crippen LogP contribution in [0, 0.1) is 6.92 Å². The van der Waals surface area contributed by atoms with E-state index in [0.29, 0.717) is 0 Å². The van der Waals surface area contributed by atoms with E-state index < -0.39 is 0 Å². The summed E-state index contributed by atoms with van der Waals surface area (Å²) in [6, 6.07) is 6.28. The van der Waals surface area contributed by atoms with Crippen LogP contribution in [0.25, 0.3) is 0 Å². The highest BCUT2D eigenvalue weighted by Crippen LogP contribution is 2.24. The SMILES string of the molecule is Cc1ccc(Br)cc1C(Cc1nccn1C)NN. The summed E-state index contributed by atoms with van der Waals surface area (Å²) in [4.78, 5) is 4.34. The lowest BCUT2D eigenvalue weighted by Gasteiger charge is -2.18. The second kappa shape index (κ2) is 5.65. The minimum absolute atomic E-state index is 0.0589. The number of nitrogens with zero attached hydrogens (tertiary/aromatic N) is 2. The molecule has 0 bridgehead atoms. The van der Waals surface area contributed by atoms with Crippen molar-refractivity contribution in [1.82, 2.24) is 15.0 Å². The molecule has 1 unspecified atom stereocenters. The number of hydrogen-bond donors (Lipinski definition) is 2. The summed E-state index contributed by atoms with van der Waals surface area (Å²) in [5, 5.41) is 0. The molecule has 1 atom stereocenters. The largest absolute Gasteiger partial charge is 0.338 e. The topological polar surface area (TPSA) is 55.9 Å². The molecule has 0 radical (unpaired) electrons. The number of aromatic nitrogens is 2. The summed E-state index contributed by atoms with van der Waals surface area (Å²) in [5.41, 5.74) is 5.29. The number of benzene rings is 1. The fourth-order valence-corrected chi connectivity index (χ4v) is 2.40. The summed E-state index contributed by atoms with van der Waals surface area (Å²) < 4.78 is 3.07. The molecule has 0 aliphatic rings. The van der Waals surface area contributed by atoms with Gasteiger partial charge in [0.25, 0.3) is 0 Å². The third kappa shape index (κ3) is 2.80. The minimum Gasteiger partial charge on any atom is -0.338 e. The third-order valence-electron chi connectivity index (χ3n) is 3.13. The van der Waals surface area contributed by atoms with Gasteiger partial charge in [-0.25, -0.2) is 4.98 Å². The van der Waals surface area contributed by atoms with E-state index in [0.717, 1.165) is 16.7 Å². The Hall–Kier alpha value is -1.17. The van der Waals surface area contributed by atoms with Gasteiger partial charge in [-0.2, -0.15) is 0 Å². The Morgan fingerprint density at radius 3 is 2.89 bits per heavy atom. The second-order valence-electron chi connectivity index (χ2n) is 4.38. The fourth-order valence-electron chi connectivity index (χ4n) is 2.02. The molecule has 1 aromatic carbocycles. The molecular weight excluding hydrogens is 292 g/mol. The van der Waals surface area contributed by atoms with Crippen LogP contribution in [0.4, 0.5) is 0 Å². The zero-order valence-electron chi connectivity index (χ0n) is 10.5. The Bertz CT molecular complexity index is 536. The van der Waals surface area contributed by atoms with Crippen molar-refractivity contribution in [3.05, 3.63) is 52.0 Å². The fraction of sp³-hybridized carbons (Fsp3) is 0.308. The van der Waals surface area contributed by atoms with Crippen LogP contribution in [0.5, 0.6) is 0 Å². The molecule has 96 valence electrons. The average Bonchev–Trinajstić information content (AvgIpc) is 2.75. The normalized spacial score (nSPS) is 12.7. The summed E-state index contributed by atoms with van der Waals surface area (Å²) in [7, 11) is 1.99. The van der Waals surface area contributed by atoms with E-state index in [1.807, 2.05) is 23.9 Å². The van der Waals surface area contributed by atoms with Gasteiger partial charge >= 0.3 is 0 Å². The monoisotopic (exact) mass is 308 g/mol. The van der Waals surface area contributed by atoms with E-state index >= 15 is 0 Å². The minimum atomic E-state index is 0.0589. The first-order valence-electron chi connectivity index (χ1n) is 5.80. The Labute approximate surface area is 115 Å². The number of nitrogens with one attached hydrogen (secondary N) is 1. The number of hydrogen-bond acceptors (Lipinski definition) is 3. The lowest BCUT2D eigenvalue weighted by atomic mass is 9.99. The molecule has 0 amide bonds. The van der Waals surface area contributed by atoms with Gasteiger partial charge in [0, 0.05) is 30.3 Å². The Kier molecular flexibility index (Phi) is 4.16. The van der Waals surface area contributed by atoms with Gasteiger partial charge < -0.3 is 4.57 Å². The molecule has 2 aromatic rings. The van der Waals surface area contributed by atoms with Gasteiger partial charge in [-0.1, -0.05) is 22.0 Å². The van der Waals surface area contributed by atoms with Crippen molar-refractivity contribution >= 4 is 15.9 Å². The van der Waals surface area contributed by atoms with Crippen LogP contribution in [0.1, 0.15) is 23.0 Å². The standard InChI is InChI=1S/C13H17BrN4/c1-9-3-4-10(14)7-11(9)12(17-15)8-13-16-5-6-18(13)2/h3-7,12,17H,8,15H2,1-2H3. The highest BCUT2D eigenvalue weighted by molar-refractivity contribution is 9.10. The molecule has 18 heavy (non-hydrogen) atoms. The van der Waals surface area contributed by atoms with Gasteiger partial charge in [0.15, 0.2) is 0 Å². The number of nitrogens with two attached hydrogens (primary N) is 1. The molecule has 2 rings (SSSR count). The van der Waals surface area contributed by atoms with Gasteiger partial charge in [-0.15, -0.1) is 0 Å². The van der Waals surface area contributed by atoms with Crippen molar-refractivity contribution in [2.45, 2.75) is 19.4 Å². The van der Waals surface area contributed by atoms with Crippen molar-refractivity contribution in [2.24, 2.45) is 12.9 Å². The van der Waals surface area contributed by atoms with Gasteiger partial charge in [0.1, 0.15) is 5.82 Å². The molecule has 0 saturated carbocycles. The van der Waals surface area contributed by atoms with Crippen LogP contribution in [-0.4, -0.2) is 9.55 Å². The maximum absolute atomic E-state index is 5.69. The maximum atomic E-state index is 5.69. The molecular formula is C13H17BrN4. The third-order valence-corrected chi connectivity index (χ3v) is 3.62. The predicted molar refractivity (Wildman–Crippen MR) is 75.9 cm³/mol. The van der Waals surface area contributed by atoms with Crippen LogP contribution in [0.2, 0.25) is 0 Å². The highest BCUT2D eigenvalue weighted by atomic mass is 79.9. The van der Waals surface area contributed by atoms with Gasteiger partial charge in [0.2, 0.25) is 0 Å². The van der Waals surface area contributed by atoms with E-state index in [9.17, 15) is 0 Å². The Morgan fingerprint density at radius 2 is 2.28 bits per heavy atom. The van der Waals surface area contributed by atoms with Crippen molar-refractivity contribution in [1.29, 1.82) is 0 Å². The van der Waals surface area contributed by atoms with E-state index in [1.54, 1.807) is 6.20 Å². The highest BCUT2D eigenvalue weighted by Gasteiger charge is 2.15. The van der Waals surface area contributed by atoms with Crippen molar-refractivity contribution in [3.63, 3.8) is 0 Å². The first kappa shape index (κ1) is 13.3. The number of hydrazine groups is 1. The summed E-state index contributed by atoms with van der Waals surface area (Å²) in [5.74, 6) is 6.70. The van der Waals surface area contributed by atoms with Crippen LogP contribution in [0.3, 0.4) is 0 Å². The zero-order chi connectivity index (χ0) is 13.1. The van der Waals surface area contributed by atoms with E-state index in [4.69, 9.17) is 5.84 Å². The van der Waals surface area contributed by atoms with E-state index in [2.05, 4.69) is 45.4 Å². The molecule has 1 heterocycles.